The van der Waals surface area contributed by atoms with Gasteiger partial charge in [0.15, 0.2) is 0 Å². The van der Waals surface area contributed by atoms with Gasteiger partial charge in [-0.15, -0.1) is 0 Å². The van der Waals surface area contributed by atoms with Crippen LogP contribution in [0, 0.1) is 0 Å². The molecule has 0 unspecified atom stereocenters. The van der Waals surface area contributed by atoms with Crippen molar-refractivity contribution in [2.24, 2.45) is 5.73 Å². The number of nitrogens with one attached hydrogen (secondary N) is 1. The molecular formula is C10H16N2O3S. The Morgan fingerprint density at radius 3 is 2.38 bits per heavy atom. The van der Waals surface area contributed by atoms with Gasteiger partial charge in [-0.2, -0.15) is 0 Å². The molecule has 0 radical (unpaired) electrons. The summed E-state index contributed by atoms with van der Waals surface area (Å²) in [6, 6.07) is 8.00. The highest BCUT2D eigenvalue weighted by molar-refractivity contribution is 7.89. The molecule has 0 spiro atoms. The largest absolute Gasteiger partial charge is 0.328 e. The van der Waals surface area contributed by atoms with E-state index in [1.165, 1.54) is 12.1 Å². The van der Waals surface area contributed by atoms with Crippen LogP contribution in [0.4, 0.5) is 0 Å². The highest BCUT2D eigenvalue weighted by Crippen LogP contribution is 2.10. The Bertz CT molecular complexity index is 429. The summed E-state index contributed by atoms with van der Waals surface area (Å²) >= 11 is 0. The quantitative estimate of drug-likeness (QED) is 0.744. The molecule has 5 nitrogen and oxygen atoms in total. The maximum Gasteiger partial charge on any atom is 0.262 e. The van der Waals surface area contributed by atoms with E-state index in [9.17, 15) is 8.42 Å². The van der Waals surface area contributed by atoms with Crippen LogP contribution in [0.2, 0.25) is 0 Å². The summed E-state index contributed by atoms with van der Waals surface area (Å²) in [6.45, 7) is 3.60. The Kier molecular flexibility index (Phi) is 4.03. The van der Waals surface area contributed by atoms with E-state index >= 15 is 0 Å². The minimum Gasteiger partial charge on any atom is -0.328 e. The van der Waals surface area contributed by atoms with E-state index in [0.29, 0.717) is 0 Å². The van der Waals surface area contributed by atoms with Crippen molar-refractivity contribution in [3.8, 4) is 0 Å². The second-order valence-corrected chi connectivity index (χ2v) is 5.61. The van der Waals surface area contributed by atoms with Crippen molar-refractivity contribution in [1.82, 2.24) is 4.89 Å². The lowest BCUT2D eigenvalue weighted by Gasteiger charge is -2.22. The third kappa shape index (κ3) is 3.57. The highest BCUT2D eigenvalue weighted by Gasteiger charge is 2.21. The number of benzene rings is 1. The Morgan fingerprint density at radius 1 is 1.31 bits per heavy atom. The number of nitrogens with two attached hydrogens (primary N) is 1. The van der Waals surface area contributed by atoms with Crippen LogP contribution in [-0.4, -0.2) is 20.6 Å². The molecule has 0 saturated carbocycles. The zero-order valence-electron chi connectivity index (χ0n) is 9.30. The number of rotatable bonds is 5. The number of hydrogen-bond donors (Lipinski definition) is 2. The predicted molar refractivity (Wildman–Crippen MR) is 61.0 cm³/mol. The molecule has 0 bridgehead atoms. The molecule has 16 heavy (non-hydrogen) atoms. The van der Waals surface area contributed by atoms with Gasteiger partial charge in [-0.3, -0.25) is 4.84 Å². The summed E-state index contributed by atoms with van der Waals surface area (Å²) in [5.41, 5.74) is 4.68. The maximum absolute atomic E-state index is 11.7. The van der Waals surface area contributed by atoms with Crippen LogP contribution >= 0.6 is 0 Å². The molecule has 0 aliphatic carbocycles. The van der Waals surface area contributed by atoms with Crippen molar-refractivity contribution in [3.05, 3.63) is 30.3 Å². The smallest absolute Gasteiger partial charge is 0.262 e. The lowest BCUT2D eigenvalue weighted by atomic mass is 10.1. The Hall–Kier alpha value is -0.950. The maximum atomic E-state index is 11.7. The van der Waals surface area contributed by atoms with Crippen LogP contribution in [0.25, 0.3) is 0 Å². The minimum atomic E-state index is -3.63. The van der Waals surface area contributed by atoms with Gasteiger partial charge in [0.05, 0.1) is 10.5 Å². The predicted octanol–water partition coefficient (Wildman–Crippen LogP) is 0.634. The van der Waals surface area contributed by atoms with E-state index in [0.717, 1.165) is 0 Å². The standard InChI is InChI=1S/C10H16N2O3S/c1-10(2,8-11)15-12-16(13,14)9-6-4-3-5-7-9/h3-7,12H,8,11H2,1-2H3. The van der Waals surface area contributed by atoms with Crippen molar-refractivity contribution in [2.75, 3.05) is 6.54 Å². The van der Waals surface area contributed by atoms with Crippen LogP contribution in [0.3, 0.4) is 0 Å². The second-order valence-electron chi connectivity index (χ2n) is 3.97. The summed E-state index contributed by atoms with van der Waals surface area (Å²) < 4.78 is 23.4. The average Bonchev–Trinajstić information content (AvgIpc) is 2.28. The van der Waals surface area contributed by atoms with Gasteiger partial charge < -0.3 is 5.73 Å². The van der Waals surface area contributed by atoms with Crippen LogP contribution in [0.1, 0.15) is 13.8 Å². The van der Waals surface area contributed by atoms with Gasteiger partial charge in [-0.25, -0.2) is 8.42 Å². The Balaban J connectivity index is 2.75. The van der Waals surface area contributed by atoms with Crippen LogP contribution in [0.15, 0.2) is 35.2 Å². The zero-order chi connectivity index (χ0) is 12.2. The van der Waals surface area contributed by atoms with Gasteiger partial charge in [0.25, 0.3) is 10.0 Å². The molecule has 1 rings (SSSR count). The summed E-state index contributed by atoms with van der Waals surface area (Å²) in [5.74, 6) is 0. The Morgan fingerprint density at radius 2 is 1.88 bits per heavy atom. The first-order chi connectivity index (χ1) is 7.37. The molecule has 0 aliphatic heterocycles. The van der Waals surface area contributed by atoms with Crippen LogP contribution < -0.4 is 10.6 Å². The van der Waals surface area contributed by atoms with E-state index < -0.39 is 15.6 Å². The van der Waals surface area contributed by atoms with Crippen molar-refractivity contribution in [2.45, 2.75) is 24.3 Å². The average molecular weight is 244 g/mol. The lowest BCUT2D eigenvalue weighted by molar-refractivity contribution is -0.0424. The summed E-state index contributed by atoms with van der Waals surface area (Å²) in [4.78, 5) is 7.25. The monoisotopic (exact) mass is 244 g/mol. The normalized spacial score (nSPS) is 12.7. The fourth-order valence-corrected chi connectivity index (χ4v) is 1.80. The zero-order valence-corrected chi connectivity index (χ0v) is 10.1. The molecule has 0 atom stereocenters. The van der Waals surface area contributed by atoms with E-state index in [4.69, 9.17) is 10.6 Å². The first-order valence-corrected chi connectivity index (χ1v) is 6.31. The highest BCUT2D eigenvalue weighted by atomic mass is 32.2. The van der Waals surface area contributed by atoms with Crippen molar-refractivity contribution in [3.63, 3.8) is 0 Å². The van der Waals surface area contributed by atoms with Crippen molar-refractivity contribution in [1.29, 1.82) is 0 Å². The molecular weight excluding hydrogens is 228 g/mol. The van der Waals surface area contributed by atoms with Gasteiger partial charge >= 0.3 is 0 Å². The van der Waals surface area contributed by atoms with E-state index in [1.807, 2.05) is 0 Å². The first-order valence-electron chi connectivity index (χ1n) is 4.82. The number of sulfonamides is 1. The van der Waals surface area contributed by atoms with Gasteiger partial charge in [0.2, 0.25) is 0 Å². The molecule has 3 N–H and O–H groups in total. The molecule has 0 aromatic heterocycles. The molecule has 90 valence electrons. The van der Waals surface area contributed by atoms with Gasteiger partial charge in [-0.05, 0) is 26.0 Å². The molecule has 6 heteroatoms. The van der Waals surface area contributed by atoms with Crippen LogP contribution in [-0.2, 0) is 14.9 Å². The number of hydrogen-bond acceptors (Lipinski definition) is 4. The third-order valence-electron chi connectivity index (χ3n) is 1.97. The second kappa shape index (κ2) is 4.92. The lowest BCUT2D eigenvalue weighted by Crippen LogP contribution is -2.41. The molecule has 1 aromatic carbocycles. The van der Waals surface area contributed by atoms with Gasteiger partial charge in [0.1, 0.15) is 0 Å². The van der Waals surface area contributed by atoms with Crippen molar-refractivity contribution >= 4 is 10.0 Å². The molecule has 0 amide bonds. The van der Waals surface area contributed by atoms with Gasteiger partial charge in [0, 0.05) is 6.54 Å². The van der Waals surface area contributed by atoms with Crippen LogP contribution in [0.5, 0.6) is 0 Å². The van der Waals surface area contributed by atoms with Crippen molar-refractivity contribution < 1.29 is 13.3 Å². The summed E-state index contributed by atoms with van der Waals surface area (Å²) in [5, 5.41) is 0. The SMILES string of the molecule is CC(C)(CN)ONS(=O)(=O)c1ccccc1. The summed E-state index contributed by atoms with van der Waals surface area (Å²) in [7, 11) is -3.63. The topological polar surface area (TPSA) is 81.4 Å². The molecule has 1 aromatic rings. The molecule has 0 fully saturated rings. The minimum absolute atomic E-state index is 0.155. The fourth-order valence-electron chi connectivity index (χ4n) is 0.857. The third-order valence-corrected chi connectivity index (χ3v) is 3.17. The van der Waals surface area contributed by atoms with E-state index in [-0.39, 0.29) is 11.4 Å². The fraction of sp³-hybridized carbons (Fsp3) is 0.400. The first kappa shape index (κ1) is 13.1. The Labute approximate surface area is 95.6 Å². The van der Waals surface area contributed by atoms with E-state index in [1.54, 1.807) is 32.0 Å². The molecule has 0 saturated heterocycles. The van der Waals surface area contributed by atoms with E-state index in [2.05, 4.69) is 4.89 Å². The molecule has 0 aliphatic rings. The van der Waals surface area contributed by atoms with Gasteiger partial charge in [-0.1, -0.05) is 23.1 Å². The summed E-state index contributed by atoms with van der Waals surface area (Å²) in [6.07, 6.45) is 0. The molecule has 0 heterocycles.